The molecule has 0 unspecified atom stereocenters. The number of nitrogens with one attached hydrogen (secondary N) is 2. The molecular formula is C24H33IN6. The van der Waals surface area contributed by atoms with Gasteiger partial charge in [-0.05, 0) is 42.7 Å². The van der Waals surface area contributed by atoms with E-state index in [0.717, 1.165) is 63.8 Å². The summed E-state index contributed by atoms with van der Waals surface area (Å²) in [5, 5.41) is 7.06. The minimum Gasteiger partial charge on any atom is -0.364 e. The molecule has 4 rings (SSSR count). The molecule has 1 aromatic heterocycles. The summed E-state index contributed by atoms with van der Waals surface area (Å²) in [4.78, 5) is 13.7. The molecule has 0 saturated carbocycles. The summed E-state index contributed by atoms with van der Waals surface area (Å²) in [6.07, 6.45) is 8.54. The summed E-state index contributed by atoms with van der Waals surface area (Å²) >= 11 is 0. The Labute approximate surface area is 202 Å². The van der Waals surface area contributed by atoms with Crippen molar-refractivity contribution in [2.24, 2.45) is 4.99 Å². The molecule has 166 valence electrons. The molecule has 2 aromatic rings. The van der Waals surface area contributed by atoms with Crippen molar-refractivity contribution >= 4 is 35.6 Å². The summed E-state index contributed by atoms with van der Waals surface area (Å²) in [5.74, 6) is 0.881. The van der Waals surface area contributed by atoms with Crippen LogP contribution in [0, 0.1) is 0 Å². The molecule has 31 heavy (non-hydrogen) atoms. The average Bonchev–Trinajstić information content (AvgIpc) is 3.34. The van der Waals surface area contributed by atoms with Crippen LogP contribution in [0.3, 0.4) is 0 Å². The fourth-order valence-corrected chi connectivity index (χ4v) is 4.04. The lowest BCUT2D eigenvalue weighted by molar-refractivity contribution is 0.196. The second kappa shape index (κ2) is 12.0. The van der Waals surface area contributed by atoms with Crippen molar-refractivity contribution in [2.75, 3.05) is 38.1 Å². The van der Waals surface area contributed by atoms with Crippen LogP contribution in [0.4, 0.5) is 5.69 Å². The highest BCUT2D eigenvalue weighted by atomic mass is 127. The standard InChI is InChI=1S/C24H32N6.HI/c1-25-24(27-18-20-7-9-23(10-8-20)30-14-4-5-15-30)28-21-11-16-29(17-12-21)19-22-6-2-3-13-26-22;/h2-10,13,21H,11-12,14-19H2,1H3,(H2,25,27,28);1H. The van der Waals surface area contributed by atoms with E-state index < -0.39 is 0 Å². The Bertz CT molecular complexity index is 836. The highest BCUT2D eigenvalue weighted by Gasteiger charge is 2.20. The zero-order valence-corrected chi connectivity index (χ0v) is 20.5. The van der Waals surface area contributed by atoms with Gasteiger partial charge < -0.3 is 15.5 Å². The lowest BCUT2D eigenvalue weighted by Gasteiger charge is -2.32. The Hall–Kier alpha value is -2.13. The van der Waals surface area contributed by atoms with Crippen molar-refractivity contribution in [1.29, 1.82) is 0 Å². The van der Waals surface area contributed by atoms with Gasteiger partial charge in [-0.1, -0.05) is 30.4 Å². The van der Waals surface area contributed by atoms with E-state index >= 15 is 0 Å². The van der Waals surface area contributed by atoms with Gasteiger partial charge in [0.2, 0.25) is 0 Å². The number of aliphatic imine (C=N–C) groups is 1. The summed E-state index contributed by atoms with van der Waals surface area (Å²) < 4.78 is 0. The third-order valence-electron chi connectivity index (χ3n) is 5.84. The number of halogens is 1. The first-order valence-corrected chi connectivity index (χ1v) is 10.9. The van der Waals surface area contributed by atoms with E-state index in [9.17, 15) is 0 Å². The number of hydrogen-bond acceptors (Lipinski definition) is 4. The van der Waals surface area contributed by atoms with Gasteiger partial charge in [-0.2, -0.15) is 0 Å². The minimum absolute atomic E-state index is 0. The first kappa shape index (κ1) is 23.5. The molecule has 0 aliphatic carbocycles. The fourth-order valence-electron chi connectivity index (χ4n) is 4.04. The SMILES string of the molecule is CN=C(NCc1ccc(N2CC=CC2)cc1)NC1CCN(Cc2ccccn2)CC1.I. The molecule has 2 N–H and O–H groups in total. The van der Waals surface area contributed by atoms with E-state index in [4.69, 9.17) is 0 Å². The van der Waals surface area contributed by atoms with Gasteiger partial charge in [-0.15, -0.1) is 24.0 Å². The Morgan fingerprint density at radius 2 is 1.81 bits per heavy atom. The normalized spacial score (nSPS) is 17.5. The van der Waals surface area contributed by atoms with Crippen molar-refractivity contribution in [3.05, 3.63) is 72.1 Å². The van der Waals surface area contributed by atoms with Crippen LogP contribution >= 0.6 is 24.0 Å². The first-order valence-electron chi connectivity index (χ1n) is 10.9. The maximum Gasteiger partial charge on any atom is 0.191 e. The Morgan fingerprint density at radius 3 is 2.45 bits per heavy atom. The van der Waals surface area contributed by atoms with E-state index in [1.54, 1.807) is 0 Å². The van der Waals surface area contributed by atoms with Crippen molar-refractivity contribution in [3.63, 3.8) is 0 Å². The molecule has 0 bridgehead atoms. The lowest BCUT2D eigenvalue weighted by atomic mass is 10.0. The van der Waals surface area contributed by atoms with Crippen LogP contribution in [0.5, 0.6) is 0 Å². The molecule has 1 aromatic carbocycles. The molecule has 0 atom stereocenters. The fraction of sp³-hybridized carbons (Fsp3) is 0.417. The maximum absolute atomic E-state index is 4.44. The molecule has 6 nitrogen and oxygen atoms in total. The predicted octanol–water partition coefficient (Wildman–Crippen LogP) is 3.41. The second-order valence-corrected chi connectivity index (χ2v) is 7.98. The van der Waals surface area contributed by atoms with E-state index in [-0.39, 0.29) is 24.0 Å². The van der Waals surface area contributed by atoms with Crippen LogP contribution in [0.25, 0.3) is 0 Å². The molecule has 2 aliphatic heterocycles. The number of piperidine rings is 1. The Kier molecular flexibility index (Phi) is 9.14. The summed E-state index contributed by atoms with van der Waals surface area (Å²) in [6, 6.07) is 15.4. The van der Waals surface area contributed by atoms with Crippen LogP contribution in [0.1, 0.15) is 24.1 Å². The smallest absolute Gasteiger partial charge is 0.191 e. The highest BCUT2D eigenvalue weighted by molar-refractivity contribution is 14.0. The van der Waals surface area contributed by atoms with Crippen LogP contribution in [0.2, 0.25) is 0 Å². The minimum atomic E-state index is 0. The van der Waals surface area contributed by atoms with Gasteiger partial charge in [0.25, 0.3) is 0 Å². The molecule has 3 heterocycles. The van der Waals surface area contributed by atoms with Crippen LogP contribution in [0.15, 0.2) is 65.8 Å². The van der Waals surface area contributed by atoms with Gasteiger partial charge in [0.1, 0.15) is 0 Å². The zero-order chi connectivity index (χ0) is 20.6. The number of anilines is 1. The van der Waals surface area contributed by atoms with Crippen molar-refractivity contribution in [2.45, 2.75) is 32.0 Å². The monoisotopic (exact) mass is 532 g/mol. The maximum atomic E-state index is 4.44. The van der Waals surface area contributed by atoms with Gasteiger partial charge in [0, 0.05) is 64.2 Å². The Morgan fingerprint density at radius 1 is 1.06 bits per heavy atom. The summed E-state index contributed by atoms with van der Waals surface area (Å²) in [5.41, 5.74) is 3.69. The zero-order valence-electron chi connectivity index (χ0n) is 18.2. The summed E-state index contributed by atoms with van der Waals surface area (Å²) in [6.45, 7) is 5.89. The molecule has 0 amide bonds. The third kappa shape index (κ3) is 6.93. The number of rotatable bonds is 6. The topological polar surface area (TPSA) is 55.8 Å². The molecule has 1 fully saturated rings. The van der Waals surface area contributed by atoms with Crippen LogP contribution in [-0.2, 0) is 13.1 Å². The van der Waals surface area contributed by atoms with Crippen LogP contribution < -0.4 is 15.5 Å². The molecule has 2 aliphatic rings. The second-order valence-electron chi connectivity index (χ2n) is 7.98. The molecule has 1 saturated heterocycles. The van der Waals surface area contributed by atoms with Crippen molar-refractivity contribution in [1.82, 2.24) is 20.5 Å². The average molecular weight is 532 g/mol. The van der Waals surface area contributed by atoms with Crippen LogP contribution in [-0.4, -0.2) is 55.1 Å². The number of pyridine rings is 1. The van der Waals surface area contributed by atoms with Gasteiger partial charge in [-0.25, -0.2) is 0 Å². The van der Waals surface area contributed by atoms with E-state index in [1.165, 1.54) is 11.3 Å². The molecule has 7 heteroatoms. The number of hydrogen-bond donors (Lipinski definition) is 2. The lowest BCUT2D eigenvalue weighted by Crippen LogP contribution is -2.48. The quantitative estimate of drug-likeness (QED) is 0.259. The predicted molar refractivity (Wildman–Crippen MR) is 139 cm³/mol. The van der Waals surface area contributed by atoms with E-state index in [2.05, 4.69) is 79.0 Å². The van der Waals surface area contributed by atoms with Gasteiger partial charge in [0.15, 0.2) is 5.96 Å². The third-order valence-corrected chi connectivity index (χ3v) is 5.84. The summed E-state index contributed by atoms with van der Waals surface area (Å²) in [7, 11) is 1.84. The van der Waals surface area contributed by atoms with Gasteiger partial charge >= 0.3 is 0 Å². The van der Waals surface area contributed by atoms with Gasteiger partial charge in [0.05, 0.1) is 5.69 Å². The number of nitrogens with zero attached hydrogens (tertiary/aromatic N) is 4. The largest absolute Gasteiger partial charge is 0.364 e. The number of aromatic nitrogens is 1. The van der Waals surface area contributed by atoms with Gasteiger partial charge in [-0.3, -0.25) is 14.9 Å². The first-order chi connectivity index (χ1) is 14.8. The molecular weight excluding hydrogens is 499 g/mol. The molecule has 0 spiro atoms. The number of benzene rings is 1. The van der Waals surface area contributed by atoms with E-state index in [1.807, 2.05) is 19.3 Å². The molecule has 0 radical (unpaired) electrons. The van der Waals surface area contributed by atoms with E-state index in [0.29, 0.717) is 6.04 Å². The van der Waals surface area contributed by atoms with Crippen molar-refractivity contribution in [3.8, 4) is 0 Å². The Balaban J connectivity index is 0.00000272. The number of guanidine groups is 1. The number of likely N-dealkylation sites (tertiary alicyclic amines) is 1. The highest BCUT2D eigenvalue weighted by Crippen LogP contribution is 2.17. The van der Waals surface area contributed by atoms with Crippen molar-refractivity contribution < 1.29 is 0 Å².